The Balaban J connectivity index is 4.21. The molecule has 0 aromatic carbocycles. The summed E-state index contributed by atoms with van der Waals surface area (Å²) in [6.45, 7) is 6.73. The van der Waals surface area contributed by atoms with Gasteiger partial charge >= 0.3 is 17.9 Å². The molecule has 0 aliphatic carbocycles. The van der Waals surface area contributed by atoms with E-state index in [0.717, 1.165) is 57.8 Å². The summed E-state index contributed by atoms with van der Waals surface area (Å²) in [7, 11) is 0. The van der Waals surface area contributed by atoms with E-state index in [1.165, 1.54) is 295 Å². The highest BCUT2D eigenvalue weighted by atomic mass is 16.6. The number of unbranched alkanes of at least 4 members (excludes halogenated alkanes) is 52. The largest absolute Gasteiger partial charge is 0.462 e. The molecule has 0 spiro atoms. The van der Waals surface area contributed by atoms with E-state index in [-0.39, 0.29) is 31.1 Å². The Kier molecular flexibility index (Phi) is 61.6. The molecule has 6 heteroatoms. The van der Waals surface area contributed by atoms with Crippen LogP contribution in [0.3, 0.4) is 0 Å². The van der Waals surface area contributed by atoms with Crippen molar-refractivity contribution in [1.82, 2.24) is 0 Å². The molecule has 0 aliphatic heterocycles. The third kappa shape index (κ3) is 61.1. The van der Waals surface area contributed by atoms with Gasteiger partial charge in [0.15, 0.2) is 6.10 Å². The van der Waals surface area contributed by atoms with Crippen molar-refractivity contribution in [3.63, 3.8) is 0 Å². The molecule has 0 aromatic rings. The van der Waals surface area contributed by atoms with E-state index >= 15 is 0 Å². The van der Waals surface area contributed by atoms with Gasteiger partial charge in [0.05, 0.1) is 0 Å². The van der Waals surface area contributed by atoms with E-state index in [1.54, 1.807) is 0 Å². The highest BCUT2D eigenvalue weighted by Crippen LogP contribution is 2.19. The van der Waals surface area contributed by atoms with Crippen molar-refractivity contribution in [3.05, 3.63) is 0 Å². The average molecular weight is 1030 g/mol. The van der Waals surface area contributed by atoms with Crippen molar-refractivity contribution >= 4 is 17.9 Å². The van der Waals surface area contributed by atoms with Crippen LogP contribution in [0.25, 0.3) is 0 Å². The van der Waals surface area contributed by atoms with Crippen LogP contribution in [0.1, 0.15) is 393 Å². The predicted octanol–water partition coefficient (Wildman–Crippen LogP) is 22.7. The molecule has 0 fully saturated rings. The molecular weight excluding hydrogens is 901 g/mol. The second-order valence-electron chi connectivity index (χ2n) is 23.1. The zero-order valence-electron chi connectivity index (χ0n) is 50.0. The fourth-order valence-corrected chi connectivity index (χ4v) is 10.6. The molecule has 73 heavy (non-hydrogen) atoms. The molecule has 0 saturated carbocycles. The van der Waals surface area contributed by atoms with Crippen molar-refractivity contribution < 1.29 is 28.6 Å². The van der Waals surface area contributed by atoms with Crippen LogP contribution in [0.2, 0.25) is 0 Å². The maximum Gasteiger partial charge on any atom is 0.306 e. The first-order chi connectivity index (χ1) is 36.0. The minimum absolute atomic E-state index is 0.0604. The molecule has 434 valence electrons. The molecule has 0 heterocycles. The van der Waals surface area contributed by atoms with E-state index in [9.17, 15) is 14.4 Å². The first-order valence-corrected chi connectivity index (χ1v) is 33.5. The van der Waals surface area contributed by atoms with Crippen molar-refractivity contribution in [3.8, 4) is 0 Å². The van der Waals surface area contributed by atoms with Gasteiger partial charge in [-0.25, -0.2) is 0 Å². The molecular formula is C67H130O6. The summed E-state index contributed by atoms with van der Waals surface area (Å²) in [5.74, 6) is -0.823. The van der Waals surface area contributed by atoms with Crippen LogP contribution < -0.4 is 0 Å². The molecule has 0 rings (SSSR count). The fraction of sp³-hybridized carbons (Fsp3) is 0.955. The third-order valence-corrected chi connectivity index (χ3v) is 15.6. The first kappa shape index (κ1) is 71.4. The van der Waals surface area contributed by atoms with Gasteiger partial charge in [-0.1, -0.05) is 355 Å². The van der Waals surface area contributed by atoms with Crippen LogP contribution in [-0.2, 0) is 28.6 Å². The van der Waals surface area contributed by atoms with Crippen molar-refractivity contribution in [1.29, 1.82) is 0 Å². The van der Waals surface area contributed by atoms with Gasteiger partial charge in [-0.3, -0.25) is 14.4 Å². The second kappa shape index (κ2) is 62.9. The molecule has 6 nitrogen and oxygen atoms in total. The summed E-state index contributed by atoms with van der Waals surface area (Å²) in [5.41, 5.74) is 0. The Morgan fingerprint density at radius 2 is 0.370 bits per heavy atom. The van der Waals surface area contributed by atoms with E-state index in [2.05, 4.69) is 20.8 Å². The lowest BCUT2D eigenvalue weighted by molar-refractivity contribution is -0.167. The van der Waals surface area contributed by atoms with Gasteiger partial charge in [0, 0.05) is 19.3 Å². The number of esters is 3. The predicted molar refractivity (Wildman–Crippen MR) is 317 cm³/mol. The quantitative estimate of drug-likeness (QED) is 0.0343. The summed E-state index contributed by atoms with van der Waals surface area (Å²) in [5, 5.41) is 0. The molecule has 1 atom stereocenters. The van der Waals surface area contributed by atoms with Crippen LogP contribution in [-0.4, -0.2) is 37.2 Å². The van der Waals surface area contributed by atoms with Gasteiger partial charge in [-0.2, -0.15) is 0 Å². The van der Waals surface area contributed by atoms with E-state index in [0.29, 0.717) is 19.3 Å². The molecule has 0 bridgehead atoms. The van der Waals surface area contributed by atoms with E-state index in [4.69, 9.17) is 14.2 Å². The number of rotatable bonds is 63. The summed E-state index contributed by atoms with van der Waals surface area (Å²) in [4.78, 5) is 38.3. The summed E-state index contributed by atoms with van der Waals surface area (Å²) in [6, 6.07) is 0. The normalized spacial score (nSPS) is 11.9. The van der Waals surface area contributed by atoms with Gasteiger partial charge in [0.2, 0.25) is 0 Å². The Morgan fingerprint density at radius 3 is 0.548 bits per heavy atom. The van der Waals surface area contributed by atoms with Crippen molar-refractivity contribution in [2.75, 3.05) is 13.2 Å². The fourth-order valence-electron chi connectivity index (χ4n) is 10.6. The lowest BCUT2D eigenvalue weighted by Crippen LogP contribution is -2.30. The number of hydrogen-bond donors (Lipinski definition) is 0. The van der Waals surface area contributed by atoms with E-state index in [1.807, 2.05) is 0 Å². The topological polar surface area (TPSA) is 78.9 Å². The Hall–Kier alpha value is -1.59. The lowest BCUT2D eigenvalue weighted by Gasteiger charge is -2.18. The van der Waals surface area contributed by atoms with Crippen molar-refractivity contribution in [2.45, 2.75) is 399 Å². The molecule has 0 saturated heterocycles. The number of carbonyl (C=O) groups is 3. The molecule has 0 aromatic heterocycles. The van der Waals surface area contributed by atoms with Crippen LogP contribution in [0.15, 0.2) is 0 Å². The maximum absolute atomic E-state index is 12.9. The average Bonchev–Trinajstić information content (AvgIpc) is 3.39. The third-order valence-electron chi connectivity index (χ3n) is 15.6. The molecule has 0 N–H and O–H groups in total. The Bertz CT molecular complexity index is 1090. The molecule has 0 amide bonds. The van der Waals surface area contributed by atoms with Gasteiger partial charge < -0.3 is 14.2 Å². The first-order valence-electron chi connectivity index (χ1n) is 33.5. The summed E-state index contributed by atoms with van der Waals surface area (Å²) >= 11 is 0. The SMILES string of the molecule is CCCCCCCCCCCCCCCCCCCCCCCCCCC(=O)OCC(COC(=O)CCCCCCCCCCCCCCCC)OC(=O)CCCCCCCCCCCCCCCCCCC. The standard InChI is InChI=1S/C67H130O6/c1-4-7-10-13-16-19-22-25-28-30-31-32-33-34-35-36-38-39-42-45-48-51-54-57-60-66(69)72-63-64(62-71-65(68)59-56-53-50-47-44-41-27-24-21-18-15-12-9-6-3)73-67(70)61-58-55-52-49-46-43-40-37-29-26-23-20-17-14-11-8-5-2/h64H,4-63H2,1-3H3. The van der Waals surface area contributed by atoms with Gasteiger partial charge in [-0.15, -0.1) is 0 Å². The zero-order valence-corrected chi connectivity index (χ0v) is 50.0. The summed E-state index contributed by atoms with van der Waals surface area (Å²) < 4.78 is 17.0. The smallest absolute Gasteiger partial charge is 0.306 e. The Labute approximate surface area is 457 Å². The van der Waals surface area contributed by atoms with Crippen molar-refractivity contribution in [2.24, 2.45) is 0 Å². The van der Waals surface area contributed by atoms with Gasteiger partial charge in [-0.05, 0) is 19.3 Å². The number of ether oxygens (including phenoxy) is 3. The molecule has 0 radical (unpaired) electrons. The molecule has 0 aliphatic rings. The minimum atomic E-state index is -0.762. The van der Waals surface area contributed by atoms with Crippen LogP contribution >= 0.6 is 0 Å². The maximum atomic E-state index is 12.9. The summed E-state index contributed by atoms with van der Waals surface area (Å²) in [6.07, 6.45) is 72.6. The lowest BCUT2D eigenvalue weighted by atomic mass is 10.0. The zero-order chi connectivity index (χ0) is 52.9. The van der Waals surface area contributed by atoms with Gasteiger partial charge in [0.25, 0.3) is 0 Å². The van der Waals surface area contributed by atoms with Crippen LogP contribution in [0, 0.1) is 0 Å². The highest BCUT2D eigenvalue weighted by molar-refractivity contribution is 5.71. The monoisotopic (exact) mass is 1030 g/mol. The molecule has 1 unspecified atom stereocenters. The number of carbonyl (C=O) groups excluding carboxylic acids is 3. The van der Waals surface area contributed by atoms with Crippen LogP contribution in [0.4, 0.5) is 0 Å². The highest BCUT2D eigenvalue weighted by Gasteiger charge is 2.19. The minimum Gasteiger partial charge on any atom is -0.462 e. The van der Waals surface area contributed by atoms with E-state index < -0.39 is 6.10 Å². The number of hydrogen-bond acceptors (Lipinski definition) is 6. The van der Waals surface area contributed by atoms with Gasteiger partial charge in [0.1, 0.15) is 13.2 Å². The van der Waals surface area contributed by atoms with Crippen LogP contribution in [0.5, 0.6) is 0 Å². The second-order valence-corrected chi connectivity index (χ2v) is 23.1. The Morgan fingerprint density at radius 1 is 0.219 bits per heavy atom.